The van der Waals surface area contributed by atoms with Gasteiger partial charge in [0.05, 0.1) is 0 Å². The molecule has 0 aliphatic carbocycles. The van der Waals surface area contributed by atoms with Crippen molar-refractivity contribution in [3.63, 3.8) is 0 Å². The van der Waals surface area contributed by atoms with Gasteiger partial charge in [-0.1, -0.05) is 39.3 Å². The predicted molar refractivity (Wildman–Crippen MR) is 53.6 cm³/mol. The van der Waals surface area contributed by atoms with E-state index in [1.54, 1.807) is 20.8 Å². The monoisotopic (exact) mass is 226 g/mol. The highest BCUT2D eigenvalue weighted by atomic mass is 35.5. The van der Waals surface area contributed by atoms with Crippen LogP contribution in [0.15, 0.2) is 0 Å². The molecule has 0 aromatic heterocycles. The highest BCUT2D eigenvalue weighted by molar-refractivity contribution is 7.94. The van der Waals surface area contributed by atoms with E-state index < -0.39 is 25.7 Å². The molecule has 0 spiro atoms. The lowest BCUT2D eigenvalue weighted by atomic mass is 9.92. The summed E-state index contributed by atoms with van der Waals surface area (Å²) in [6, 6.07) is 0. The lowest BCUT2D eigenvalue weighted by molar-refractivity contribution is -0.124. The summed E-state index contributed by atoms with van der Waals surface area (Å²) in [5.74, 6) is -0.556. The Labute approximate surface area is 84.4 Å². The normalized spacial score (nSPS) is 15.5. The summed E-state index contributed by atoms with van der Waals surface area (Å²) in [6.07, 6.45) is 0. The Morgan fingerprint density at radius 2 is 1.77 bits per heavy atom. The van der Waals surface area contributed by atoms with E-state index in [0.29, 0.717) is 0 Å². The number of rotatable bonds is 3. The van der Waals surface area contributed by atoms with Gasteiger partial charge in [-0.15, -0.1) is 0 Å². The van der Waals surface area contributed by atoms with Crippen LogP contribution in [0.3, 0.4) is 0 Å². The molecule has 0 aliphatic rings. The number of ketones is 1. The molecule has 78 valence electrons. The molecule has 0 aromatic rings. The summed E-state index contributed by atoms with van der Waals surface area (Å²) >= 11 is 5.57. The van der Waals surface area contributed by atoms with Gasteiger partial charge in [0.2, 0.25) is 0 Å². The predicted octanol–water partition coefficient (Wildman–Crippen LogP) is 1.60. The van der Waals surface area contributed by atoms with Gasteiger partial charge in [-0.05, 0) is 0 Å². The van der Waals surface area contributed by atoms with Crippen molar-refractivity contribution in [3.8, 4) is 0 Å². The van der Waals surface area contributed by atoms with Gasteiger partial charge < -0.3 is 0 Å². The van der Waals surface area contributed by atoms with E-state index in [9.17, 15) is 13.2 Å². The van der Waals surface area contributed by atoms with Crippen molar-refractivity contribution in [1.82, 2.24) is 0 Å². The van der Waals surface area contributed by atoms with Crippen LogP contribution in [0.4, 0.5) is 0 Å². The smallest absolute Gasteiger partial charge is 0.193 e. The van der Waals surface area contributed by atoms with Crippen LogP contribution in [0.1, 0.15) is 27.7 Å². The van der Waals surface area contributed by atoms with E-state index in [2.05, 4.69) is 0 Å². The van der Waals surface area contributed by atoms with Crippen LogP contribution in [0.25, 0.3) is 0 Å². The Balaban J connectivity index is 4.84. The zero-order valence-corrected chi connectivity index (χ0v) is 9.87. The maximum atomic E-state index is 11.5. The highest BCUT2D eigenvalue weighted by Gasteiger charge is 2.35. The average Bonchev–Trinajstić information content (AvgIpc) is 2.00. The largest absolute Gasteiger partial charge is 0.296 e. The molecule has 0 bridgehead atoms. The van der Waals surface area contributed by atoms with Crippen LogP contribution in [0.2, 0.25) is 0 Å². The third-order valence-electron chi connectivity index (χ3n) is 1.66. The number of sulfone groups is 1. The third kappa shape index (κ3) is 3.27. The second-order valence-electron chi connectivity index (χ2n) is 3.88. The van der Waals surface area contributed by atoms with Crippen molar-refractivity contribution in [2.75, 3.05) is 5.75 Å². The van der Waals surface area contributed by atoms with Gasteiger partial charge >= 0.3 is 0 Å². The molecular weight excluding hydrogens is 212 g/mol. The molecule has 0 fully saturated rings. The number of Topliss-reactive ketones (excluding diaryl/α,β-unsaturated/α-hetero) is 1. The topological polar surface area (TPSA) is 51.2 Å². The summed E-state index contributed by atoms with van der Waals surface area (Å²) in [4.78, 5) is 11.5. The molecule has 0 radical (unpaired) electrons. The van der Waals surface area contributed by atoms with Gasteiger partial charge in [-0.2, -0.15) is 0 Å². The van der Waals surface area contributed by atoms with Gasteiger partial charge in [-0.25, -0.2) is 8.42 Å². The lowest BCUT2D eigenvalue weighted by Crippen LogP contribution is -2.35. The van der Waals surface area contributed by atoms with Crippen molar-refractivity contribution < 1.29 is 13.2 Å². The Morgan fingerprint density at radius 1 is 1.38 bits per heavy atom. The molecule has 0 aromatic carbocycles. The van der Waals surface area contributed by atoms with E-state index >= 15 is 0 Å². The van der Waals surface area contributed by atoms with Gasteiger partial charge in [-0.3, -0.25) is 4.79 Å². The zero-order chi connectivity index (χ0) is 10.9. The van der Waals surface area contributed by atoms with Crippen molar-refractivity contribution in [2.24, 2.45) is 5.41 Å². The maximum Gasteiger partial charge on any atom is 0.193 e. The SMILES string of the molecule is CCS(=O)(=O)[C@@H](Cl)C(=O)C(C)(C)C. The Hall–Kier alpha value is -0.0900. The van der Waals surface area contributed by atoms with Crippen LogP contribution in [-0.4, -0.2) is 24.7 Å². The number of halogens is 1. The van der Waals surface area contributed by atoms with E-state index in [-0.39, 0.29) is 5.75 Å². The first-order valence-electron chi connectivity index (χ1n) is 4.03. The summed E-state index contributed by atoms with van der Waals surface area (Å²) in [5.41, 5.74) is -0.714. The number of hydrogen-bond donors (Lipinski definition) is 0. The summed E-state index contributed by atoms with van der Waals surface area (Å²) in [6.45, 7) is 6.42. The molecule has 0 saturated heterocycles. The molecule has 0 rings (SSSR count). The first-order valence-corrected chi connectivity index (χ1v) is 6.18. The summed E-state index contributed by atoms with van der Waals surface area (Å²) < 4.78 is 21.1. The molecule has 13 heavy (non-hydrogen) atoms. The quantitative estimate of drug-likeness (QED) is 0.687. The molecule has 3 nitrogen and oxygen atoms in total. The third-order valence-corrected chi connectivity index (χ3v) is 4.32. The van der Waals surface area contributed by atoms with Gasteiger partial charge in [0.1, 0.15) is 0 Å². The fourth-order valence-electron chi connectivity index (χ4n) is 0.650. The van der Waals surface area contributed by atoms with E-state index in [1.807, 2.05) is 0 Å². The van der Waals surface area contributed by atoms with E-state index in [0.717, 1.165) is 0 Å². The molecule has 1 atom stereocenters. The first kappa shape index (κ1) is 12.9. The number of hydrogen-bond acceptors (Lipinski definition) is 3. The van der Waals surface area contributed by atoms with Crippen LogP contribution in [0.5, 0.6) is 0 Å². The molecule has 5 heteroatoms. The zero-order valence-electron chi connectivity index (χ0n) is 8.30. The van der Waals surface area contributed by atoms with Crippen LogP contribution < -0.4 is 0 Å². The van der Waals surface area contributed by atoms with Crippen LogP contribution in [0, 0.1) is 5.41 Å². The number of carbonyl (C=O) groups excluding carboxylic acids is 1. The molecule has 0 unspecified atom stereocenters. The molecule has 0 saturated carbocycles. The van der Waals surface area contributed by atoms with Crippen molar-refractivity contribution in [1.29, 1.82) is 0 Å². The Morgan fingerprint density at radius 3 is 2.00 bits per heavy atom. The molecule has 0 aliphatic heterocycles. The van der Waals surface area contributed by atoms with Crippen molar-refractivity contribution >= 4 is 27.2 Å². The summed E-state index contributed by atoms with van der Waals surface area (Å²) in [5, 5.41) is 0. The standard InChI is InChI=1S/C8H15ClO3S/c1-5-13(11,12)7(9)6(10)8(2,3)4/h7H,5H2,1-4H3/t7-/m1/s1. The van der Waals surface area contributed by atoms with Crippen molar-refractivity contribution in [3.05, 3.63) is 0 Å². The highest BCUT2D eigenvalue weighted by Crippen LogP contribution is 2.23. The van der Waals surface area contributed by atoms with Crippen molar-refractivity contribution in [2.45, 2.75) is 32.4 Å². The summed E-state index contributed by atoms with van der Waals surface area (Å²) in [7, 11) is -3.46. The van der Waals surface area contributed by atoms with Gasteiger partial charge in [0, 0.05) is 11.2 Å². The Bertz CT molecular complexity index is 287. The molecular formula is C8H15ClO3S. The minimum Gasteiger partial charge on any atom is -0.296 e. The number of alkyl halides is 1. The maximum absolute atomic E-state index is 11.5. The fraction of sp³-hybridized carbons (Fsp3) is 0.875. The van der Waals surface area contributed by atoms with Crippen LogP contribution >= 0.6 is 11.6 Å². The molecule has 0 N–H and O–H groups in total. The van der Waals surface area contributed by atoms with E-state index in [4.69, 9.17) is 11.6 Å². The average molecular weight is 227 g/mol. The second-order valence-corrected chi connectivity index (χ2v) is 6.95. The second kappa shape index (κ2) is 3.96. The fourth-order valence-corrected chi connectivity index (χ4v) is 2.33. The molecule has 0 heterocycles. The van der Waals surface area contributed by atoms with Crippen LogP contribution in [-0.2, 0) is 14.6 Å². The minimum atomic E-state index is -3.46. The molecule has 0 amide bonds. The van der Waals surface area contributed by atoms with Gasteiger partial charge in [0.15, 0.2) is 20.3 Å². The van der Waals surface area contributed by atoms with Gasteiger partial charge in [0.25, 0.3) is 0 Å². The Kier molecular flexibility index (Phi) is 3.94. The first-order chi connectivity index (χ1) is 5.63. The van der Waals surface area contributed by atoms with E-state index in [1.165, 1.54) is 6.92 Å². The lowest BCUT2D eigenvalue weighted by Gasteiger charge is -2.19. The minimum absolute atomic E-state index is 0.108. The number of carbonyl (C=O) groups is 1.